The first kappa shape index (κ1) is 18.8. The van der Waals surface area contributed by atoms with E-state index in [1.807, 2.05) is 23.1 Å². The zero-order valence-corrected chi connectivity index (χ0v) is 16.1. The normalized spacial score (nSPS) is 25.0. The molecule has 3 heterocycles. The number of rotatable bonds is 4. The molecule has 28 heavy (non-hydrogen) atoms. The second kappa shape index (κ2) is 8.22. The van der Waals surface area contributed by atoms with Gasteiger partial charge in [-0.15, -0.1) is 0 Å². The van der Waals surface area contributed by atoms with Crippen molar-refractivity contribution in [3.8, 4) is 11.5 Å². The predicted molar refractivity (Wildman–Crippen MR) is 105 cm³/mol. The molecule has 7 nitrogen and oxygen atoms in total. The molecule has 4 rings (SSSR count). The number of ether oxygens (including phenoxy) is 1. The van der Waals surface area contributed by atoms with Gasteiger partial charge in [-0.2, -0.15) is 0 Å². The van der Waals surface area contributed by atoms with E-state index in [0.29, 0.717) is 24.6 Å². The number of nitrogens with zero attached hydrogens (tertiary/aromatic N) is 3. The summed E-state index contributed by atoms with van der Waals surface area (Å²) in [7, 11) is 1.72. The number of methoxy groups -OCH3 is 1. The Morgan fingerprint density at radius 1 is 1.29 bits per heavy atom. The quantitative estimate of drug-likeness (QED) is 0.877. The first-order valence-corrected chi connectivity index (χ1v) is 9.98. The first-order chi connectivity index (χ1) is 13.6. The molecule has 3 atom stereocenters. The van der Waals surface area contributed by atoms with Crippen molar-refractivity contribution < 1.29 is 9.53 Å². The van der Waals surface area contributed by atoms with E-state index < -0.39 is 0 Å². The summed E-state index contributed by atoms with van der Waals surface area (Å²) in [6.07, 6.45) is 6.51. The molecule has 1 amide bonds. The number of aromatic nitrogens is 3. The molecule has 2 fully saturated rings. The summed E-state index contributed by atoms with van der Waals surface area (Å²) in [6.45, 7) is 1.33. The van der Waals surface area contributed by atoms with Crippen molar-refractivity contribution in [3.05, 3.63) is 46.5 Å². The van der Waals surface area contributed by atoms with Crippen LogP contribution in [0.25, 0.3) is 11.5 Å². The summed E-state index contributed by atoms with van der Waals surface area (Å²) in [5.41, 5.74) is 1.18. The minimum Gasteiger partial charge on any atom is -0.381 e. The minimum atomic E-state index is -0.189. The molecule has 1 saturated heterocycles. The lowest BCUT2D eigenvalue weighted by Crippen LogP contribution is -2.38. The number of hydrogen-bond acceptors (Lipinski definition) is 5. The topological polar surface area (TPSA) is 88.2 Å². The number of likely N-dealkylation sites (tertiary alicyclic amines) is 1. The number of carbonyl (C=O) groups excluding carboxylic acids is 1. The molecule has 2 aromatic heterocycles. The molecule has 148 valence electrons. The van der Waals surface area contributed by atoms with Gasteiger partial charge in [-0.05, 0) is 37.8 Å². The molecule has 1 aliphatic carbocycles. The third-order valence-electron chi connectivity index (χ3n) is 5.90. The number of nitrogens with one attached hydrogen (secondary N) is 1. The number of pyridine rings is 1. The molecule has 0 bridgehead atoms. The molecule has 0 unspecified atom stereocenters. The number of H-pyrrole nitrogens is 1. The smallest absolute Gasteiger partial charge is 0.251 e. The lowest BCUT2D eigenvalue weighted by Gasteiger charge is -2.30. The van der Waals surface area contributed by atoms with Crippen LogP contribution < -0.4 is 5.56 Å². The van der Waals surface area contributed by atoms with Crippen molar-refractivity contribution in [2.75, 3.05) is 20.2 Å². The van der Waals surface area contributed by atoms with E-state index in [1.54, 1.807) is 19.4 Å². The number of amides is 1. The van der Waals surface area contributed by atoms with Gasteiger partial charge in [0.05, 0.1) is 11.8 Å². The van der Waals surface area contributed by atoms with Gasteiger partial charge in [0.25, 0.3) is 5.56 Å². The fourth-order valence-electron chi connectivity index (χ4n) is 4.35. The van der Waals surface area contributed by atoms with Crippen molar-refractivity contribution in [1.82, 2.24) is 19.9 Å². The second-order valence-electron chi connectivity index (χ2n) is 7.72. The Kier molecular flexibility index (Phi) is 5.52. The van der Waals surface area contributed by atoms with Crippen LogP contribution in [0.5, 0.6) is 0 Å². The molecule has 1 N–H and O–H groups in total. The van der Waals surface area contributed by atoms with Gasteiger partial charge in [0.15, 0.2) is 5.82 Å². The zero-order valence-electron chi connectivity index (χ0n) is 16.1. The molecule has 2 aliphatic rings. The van der Waals surface area contributed by atoms with E-state index in [1.165, 1.54) is 0 Å². The summed E-state index contributed by atoms with van der Waals surface area (Å²) in [5.74, 6) is 0.825. The Morgan fingerprint density at radius 3 is 2.96 bits per heavy atom. The largest absolute Gasteiger partial charge is 0.381 e. The van der Waals surface area contributed by atoms with Gasteiger partial charge < -0.3 is 14.6 Å². The maximum atomic E-state index is 13.0. The summed E-state index contributed by atoms with van der Waals surface area (Å²) in [4.78, 5) is 38.7. The van der Waals surface area contributed by atoms with E-state index in [-0.39, 0.29) is 29.4 Å². The highest BCUT2D eigenvalue weighted by molar-refractivity contribution is 5.79. The Morgan fingerprint density at radius 2 is 2.18 bits per heavy atom. The SMILES string of the molecule is CO[C@@H]1CCC[C@H](C(=O)N2CC[C@@H](c3cc(=O)[nH]c(-c4ccccn4)n3)C2)C1. The van der Waals surface area contributed by atoms with Gasteiger partial charge in [-0.1, -0.05) is 12.5 Å². The highest BCUT2D eigenvalue weighted by atomic mass is 16.5. The maximum Gasteiger partial charge on any atom is 0.251 e. The van der Waals surface area contributed by atoms with Crippen LogP contribution in [0.4, 0.5) is 0 Å². The van der Waals surface area contributed by atoms with Crippen LogP contribution in [-0.4, -0.2) is 52.1 Å². The Bertz CT molecular complexity index is 883. The molecular weight excluding hydrogens is 356 g/mol. The zero-order chi connectivity index (χ0) is 19.5. The average molecular weight is 382 g/mol. The van der Waals surface area contributed by atoms with E-state index in [9.17, 15) is 9.59 Å². The number of hydrogen-bond donors (Lipinski definition) is 1. The van der Waals surface area contributed by atoms with Crippen LogP contribution >= 0.6 is 0 Å². The Labute approximate surface area is 164 Å². The highest BCUT2D eigenvalue weighted by Crippen LogP contribution is 2.32. The fourth-order valence-corrected chi connectivity index (χ4v) is 4.35. The van der Waals surface area contributed by atoms with Crippen molar-refractivity contribution in [3.63, 3.8) is 0 Å². The lowest BCUT2D eigenvalue weighted by atomic mass is 9.86. The van der Waals surface area contributed by atoms with Crippen LogP contribution in [0.15, 0.2) is 35.3 Å². The van der Waals surface area contributed by atoms with Gasteiger partial charge in [0.1, 0.15) is 5.69 Å². The van der Waals surface area contributed by atoms with Gasteiger partial charge in [-0.25, -0.2) is 4.98 Å². The molecule has 0 radical (unpaired) electrons. The summed E-state index contributed by atoms with van der Waals surface area (Å²) < 4.78 is 5.47. The van der Waals surface area contributed by atoms with Crippen LogP contribution in [0, 0.1) is 5.92 Å². The van der Waals surface area contributed by atoms with Crippen LogP contribution in [0.2, 0.25) is 0 Å². The highest BCUT2D eigenvalue weighted by Gasteiger charge is 2.35. The van der Waals surface area contributed by atoms with Gasteiger partial charge in [-0.3, -0.25) is 14.6 Å². The molecule has 7 heteroatoms. The minimum absolute atomic E-state index is 0.0497. The van der Waals surface area contributed by atoms with Crippen molar-refractivity contribution >= 4 is 5.91 Å². The van der Waals surface area contributed by atoms with E-state index >= 15 is 0 Å². The van der Waals surface area contributed by atoms with Gasteiger partial charge in [0, 0.05) is 44.3 Å². The monoisotopic (exact) mass is 382 g/mol. The van der Waals surface area contributed by atoms with Crippen LogP contribution in [0.1, 0.15) is 43.7 Å². The standard InChI is InChI=1S/C21H26N4O3/c1-28-16-6-4-5-14(11-16)21(27)25-10-8-15(13-25)18-12-19(26)24-20(23-18)17-7-2-3-9-22-17/h2-3,7,9,12,14-16H,4-6,8,10-11,13H2,1H3,(H,23,24,26)/t14-,15+,16+/m0/s1. The van der Waals surface area contributed by atoms with Crippen molar-refractivity contribution in [1.29, 1.82) is 0 Å². The van der Waals surface area contributed by atoms with E-state index in [0.717, 1.165) is 37.8 Å². The van der Waals surface area contributed by atoms with Crippen LogP contribution in [0.3, 0.4) is 0 Å². The molecule has 1 saturated carbocycles. The summed E-state index contributed by atoms with van der Waals surface area (Å²) in [6, 6.07) is 7.06. The number of aromatic amines is 1. The van der Waals surface area contributed by atoms with Crippen molar-refractivity contribution in [2.45, 2.75) is 44.1 Å². The third-order valence-corrected chi connectivity index (χ3v) is 5.90. The maximum absolute atomic E-state index is 13.0. The molecule has 2 aromatic rings. The average Bonchev–Trinajstić information content (AvgIpc) is 3.24. The van der Waals surface area contributed by atoms with E-state index in [2.05, 4.69) is 15.0 Å². The summed E-state index contributed by atoms with van der Waals surface area (Å²) in [5, 5.41) is 0. The fraction of sp³-hybridized carbons (Fsp3) is 0.524. The predicted octanol–water partition coefficient (Wildman–Crippen LogP) is 2.35. The molecule has 0 aromatic carbocycles. The van der Waals surface area contributed by atoms with Crippen molar-refractivity contribution in [2.24, 2.45) is 5.92 Å². The third kappa shape index (κ3) is 3.99. The molecule has 0 spiro atoms. The Balaban J connectivity index is 1.48. The van der Waals surface area contributed by atoms with Crippen LogP contribution in [-0.2, 0) is 9.53 Å². The van der Waals surface area contributed by atoms with Gasteiger partial charge >= 0.3 is 0 Å². The Hall–Kier alpha value is -2.54. The molecule has 1 aliphatic heterocycles. The lowest BCUT2D eigenvalue weighted by molar-refractivity contribution is -0.137. The summed E-state index contributed by atoms with van der Waals surface area (Å²) >= 11 is 0. The van der Waals surface area contributed by atoms with Gasteiger partial charge in [0.2, 0.25) is 5.91 Å². The number of carbonyl (C=O) groups is 1. The first-order valence-electron chi connectivity index (χ1n) is 9.98. The second-order valence-corrected chi connectivity index (χ2v) is 7.72. The van der Waals surface area contributed by atoms with E-state index in [4.69, 9.17) is 4.74 Å². The molecular formula is C21H26N4O3.